The highest BCUT2D eigenvalue weighted by Gasteiger charge is 2.03. The third-order valence-corrected chi connectivity index (χ3v) is 1.48. The highest BCUT2D eigenvalue weighted by molar-refractivity contribution is 5.33. The summed E-state index contributed by atoms with van der Waals surface area (Å²) >= 11 is 0. The minimum atomic E-state index is -1.10. The molecule has 0 spiro atoms. The molecular weight excluding hydrogens is 152 g/mol. The van der Waals surface area contributed by atoms with Crippen LogP contribution in [0, 0.1) is 22.7 Å². The van der Waals surface area contributed by atoms with Gasteiger partial charge in [0.05, 0.1) is 17.7 Å². The van der Waals surface area contributed by atoms with Crippen LogP contribution in [0.4, 0.5) is 0 Å². The SMILES string of the molecule is N#Cc1ccc([C@@H](O)C#N)cc1. The summed E-state index contributed by atoms with van der Waals surface area (Å²) in [4.78, 5) is 0. The Morgan fingerprint density at radius 2 is 1.75 bits per heavy atom. The summed E-state index contributed by atoms with van der Waals surface area (Å²) in [5, 5.41) is 25.8. The van der Waals surface area contributed by atoms with Crippen molar-refractivity contribution in [1.29, 1.82) is 10.5 Å². The summed E-state index contributed by atoms with van der Waals surface area (Å²) in [7, 11) is 0. The summed E-state index contributed by atoms with van der Waals surface area (Å²) in [5.41, 5.74) is 1.03. The first-order valence-corrected chi connectivity index (χ1v) is 3.35. The predicted molar refractivity (Wildman–Crippen MR) is 41.7 cm³/mol. The molecule has 0 aliphatic heterocycles. The van der Waals surface area contributed by atoms with E-state index < -0.39 is 6.10 Å². The van der Waals surface area contributed by atoms with E-state index in [1.165, 1.54) is 0 Å². The first-order chi connectivity index (χ1) is 5.77. The van der Waals surface area contributed by atoms with Crippen LogP contribution in [0.25, 0.3) is 0 Å². The number of nitrogens with zero attached hydrogens (tertiary/aromatic N) is 2. The van der Waals surface area contributed by atoms with Crippen molar-refractivity contribution < 1.29 is 5.11 Å². The summed E-state index contributed by atoms with van der Waals surface area (Å²) in [6, 6.07) is 9.89. The molecular formula is C9H6N2O. The van der Waals surface area contributed by atoms with Crippen LogP contribution in [-0.4, -0.2) is 5.11 Å². The van der Waals surface area contributed by atoms with E-state index in [4.69, 9.17) is 15.6 Å². The number of rotatable bonds is 1. The fourth-order valence-electron chi connectivity index (χ4n) is 0.814. The van der Waals surface area contributed by atoms with E-state index in [0.717, 1.165) is 0 Å². The molecule has 0 bridgehead atoms. The van der Waals surface area contributed by atoms with Crippen molar-refractivity contribution in [3.63, 3.8) is 0 Å². The highest BCUT2D eigenvalue weighted by atomic mass is 16.3. The van der Waals surface area contributed by atoms with Crippen LogP contribution in [0.1, 0.15) is 17.2 Å². The van der Waals surface area contributed by atoms with Crippen LogP contribution in [0.2, 0.25) is 0 Å². The summed E-state index contributed by atoms with van der Waals surface area (Å²) in [6.45, 7) is 0. The molecule has 0 aromatic heterocycles. The molecule has 0 heterocycles. The fraction of sp³-hybridized carbons (Fsp3) is 0.111. The Bertz CT molecular complexity index is 342. The van der Waals surface area contributed by atoms with E-state index in [1.54, 1.807) is 30.3 Å². The normalized spacial score (nSPS) is 11.2. The molecule has 1 aromatic rings. The molecule has 3 heteroatoms. The molecule has 1 aromatic carbocycles. The van der Waals surface area contributed by atoms with Crippen molar-refractivity contribution in [2.24, 2.45) is 0 Å². The van der Waals surface area contributed by atoms with Gasteiger partial charge in [-0.1, -0.05) is 12.1 Å². The first kappa shape index (κ1) is 8.26. The molecule has 0 unspecified atom stereocenters. The quantitative estimate of drug-likeness (QED) is 0.622. The molecule has 3 nitrogen and oxygen atoms in total. The molecule has 0 saturated heterocycles. The smallest absolute Gasteiger partial charge is 0.165 e. The van der Waals surface area contributed by atoms with Gasteiger partial charge in [0.2, 0.25) is 0 Å². The third kappa shape index (κ3) is 1.60. The van der Waals surface area contributed by atoms with Crippen LogP contribution < -0.4 is 0 Å². The number of aliphatic hydroxyl groups is 1. The Balaban J connectivity index is 2.96. The Hall–Kier alpha value is -1.84. The zero-order chi connectivity index (χ0) is 8.97. The van der Waals surface area contributed by atoms with E-state index >= 15 is 0 Å². The molecule has 1 rings (SSSR count). The van der Waals surface area contributed by atoms with E-state index in [2.05, 4.69) is 0 Å². The molecule has 0 aliphatic carbocycles. The number of benzene rings is 1. The van der Waals surface area contributed by atoms with Gasteiger partial charge >= 0.3 is 0 Å². The van der Waals surface area contributed by atoms with Gasteiger partial charge in [-0.15, -0.1) is 0 Å². The molecule has 0 amide bonds. The van der Waals surface area contributed by atoms with Crippen LogP contribution >= 0.6 is 0 Å². The fourth-order valence-corrected chi connectivity index (χ4v) is 0.814. The maximum Gasteiger partial charge on any atom is 0.165 e. The summed E-state index contributed by atoms with van der Waals surface area (Å²) < 4.78 is 0. The van der Waals surface area contributed by atoms with Gasteiger partial charge < -0.3 is 5.11 Å². The molecule has 0 fully saturated rings. The highest BCUT2D eigenvalue weighted by Crippen LogP contribution is 2.11. The lowest BCUT2D eigenvalue weighted by Gasteiger charge is -1.99. The lowest BCUT2D eigenvalue weighted by molar-refractivity contribution is 0.236. The number of hydrogen-bond donors (Lipinski definition) is 1. The molecule has 0 radical (unpaired) electrons. The second-order valence-corrected chi connectivity index (χ2v) is 2.27. The van der Waals surface area contributed by atoms with Gasteiger partial charge in [-0.25, -0.2) is 0 Å². The lowest BCUT2D eigenvalue weighted by atomic mass is 10.1. The Morgan fingerprint density at radius 3 is 2.17 bits per heavy atom. The van der Waals surface area contributed by atoms with Gasteiger partial charge in [-0.05, 0) is 17.7 Å². The predicted octanol–water partition coefficient (Wildman–Crippen LogP) is 1.12. The average molecular weight is 158 g/mol. The van der Waals surface area contributed by atoms with Crippen LogP contribution in [0.15, 0.2) is 24.3 Å². The van der Waals surface area contributed by atoms with E-state index in [0.29, 0.717) is 11.1 Å². The molecule has 12 heavy (non-hydrogen) atoms. The van der Waals surface area contributed by atoms with Crippen molar-refractivity contribution in [1.82, 2.24) is 0 Å². The Kier molecular flexibility index (Phi) is 2.42. The second-order valence-electron chi connectivity index (χ2n) is 2.27. The van der Waals surface area contributed by atoms with Crippen LogP contribution in [0.5, 0.6) is 0 Å². The van der Waals surface area contributed by atoms with Crippen molar-refractivity contribution >= 4 is 0 Å². The zero-order valence-electron chi connectivity index (χ0n) is 6.23. The first-order valence-electron chi connectivity index (χ1n) is 3.35. The van der Waals surface area contributed by atoms with Crippen LogP contribution in [0.3, 0.4) is 0 Å². The lowest BCUT2D eigenvalue weighted by Crippen LogP contribution is -1.92. The molecule has 1 N–H and O–H groups in total. The van der Waals surface area contributed by atoms with Crippen molar-refractivity contribution in [3.8, 4) is 12.1 Å². The summed E-state index contributed by atoms with van der Waals surface area (Å²) in [5.74, 6) is 0. The van der Waals surface area contributed by atoms with Crippen molar-refractivity contribution in [3.05, 3.63) is 35.4 Å². The number of aliphatic hydroxyl groups excluding tert-OH is 1. The van der Waals surface area contributed by atoms with E-state index in [-0.39, 0.29) is 0 Å². The standard InChI is InChI=1S/C9H6N2O/c10-5-7-1-3-8(4-2-7)9(12)6-11/h1-4,9,12H/t9-/m0/s1. The Morgan fingerprint density at radius 1 is 1.17 bits per heavy atom. The summed E-state index contributed by atoms with van der Waals surface area (Å²) in [6.07, 6.45) is -1.10. The topological polar surface area (TPSA) is 67.8 Å². The van der Waals surface area contributed by atoms with E-state index in [1.807, 2.05) is 6.07 Å². The minimum absolute atomic E-state index is 0.511. The monoisotopic (exact) mass is 158 g/mol. The molecule has 0 saturated carbocycles. The van der Waals surface area contributed by atoms with Gasteiger partial charge in [0.1, 0.15) is 0 Å². The number of nitriles is 2. The molecule has 0 aliphatic rings. The second kappa shape index (κ2) is 3.52. The third-order valence-electron chi connectivity index (χ3n) is 1.48. The van der Waals surface area contributed by atoms with Gasteiger partial charge in [-0.3, -0.25) is 0 Å². The van der Waals surface area contributed by atoms with Gasteiger partial charge in [0.15, 0.2) is 6.10 Å². The minimum Gasteiger partial charge on any atom is -0.374 e. The maximum absolute atomic E-state index is 9.05. The average Bonchev–Trinajstić information content (AvgIpc) is 2.17. The Labute approximate surface area is 70.1 Å². The molecule has 1 atom stereocenters. The zero-order valence-corrected chi connectivity index (χ0v) is 6.23. The molecule has 58 valence electrons. The largest absolute Gasteiger partial charge is 0.374 e. The van der Waals surface area contributed by atoms with Crippen molar-refractivity contribution in [2.45, 2.75) is 6.10 Å². The van der Waals surface area contributed by atoms with Gasteiger partial charge in [-0.2, -0.15) is 10.5 Å². The number of hydrogen-bond acceptors (Lipinski definition) is 3. The van der Waals surface area contributed by atoms with Gasteiger partial charge in [0.25, 0.3) is 0 Å². The van der Waals surface area contributed by atoms with Gasteiger partial charge in [0, 0.05) is 0 Å². The van der Waals surface area contributed by atoms with Crippen LogP contribution in [-0.2, 0) is 0 Å². The van der Waals surface area contributed by atoms with E-state index in [9.17, 15) is 0 Å². The van der Waals surface area contributed by atoms with Crippen molar-refractivity contribution in [2.75, 3.05) is 0 Å². The maximum atomic E-state index is 9.05.